The number of rotatable bonds is 8. The zero-order valence-electron chi connectivity index (χ0n) is 17.8. The summed E-state index contributed by atoms with van der Waals surface area (Å²) in [7, 11) is 0. The number of ether oxygens (including phenoxy) is 2. The lowest BCUT2D eigenvalue weighted by molar-refractivity contribution is 0.0974. The molecular formula is C24H29BrN2O3S. The summed E-state index contributed by atoms with van der Waals surface area (Å²) in [5.74, 6) is 1.83. The highest BCUT2D eigenvalue weighted by molar-refractivity contribution is 9.10. The number of carbonyl (C=O) groups excluding carboxylic acids is 1. The van der Waals surface area contributed by atoms with Gasteiger partial charge >= 0.3 is 0 Å². The van der Waals surface area contributed by atoms with Gasteiger partial charge in [0.1, 0.15) is 11.5 Å². The van der Waals surface area contributed by atoms with E-state index in [9.17, 15) is 4.79 Å². The standard InChI is InChI=1S/C24H29BrN2O3S/c1-2-29-22-13-8-18(25)16-21(22)23(28)27-24(31)26-19-9-11-20(12-10-19)30-15-14-17-6-4-3-5-7-17/h8-13,16-17H,2-7,14-15H2,1H3,(H2,26,27,28,31). The third-order valence-corrected chi connectivity index (χ3v) is 6.04. The van der Waals surface area contributed by atoms with Gasteiger partial charge in [0.15, 0.2) is 5.11 Å². The molecule has 31 heavy (non-hydrogen) atoms. The molecule has 0 unspecified atom stereocenters. The predicted octanol–water partition coefficient (Wildman–Crippen LogP) is 6.32. The molecule has 0 aromatic heterocycles. The Morgan fingerprint density at radius 2 is 1.84 bits per heavy atom. The van der Waals surface area contributed by atoms with Crippen molar-refractivity contribution in [3.63, 3.8) is 0 Å². The number of benzene rings is 2. The molecule has 0 radical (unpaired) electrons. The fraction of sp³-hybridized carbons (Fsp3) is 0.417. The molecule has 1 aliphatic carbocycles. The largest absolute Gasteiger partial charge is 0.494 e. The Kier molecular flexibility index (Phi) is 9.15. The Morgan fingerprint density at radius 3 is 2.55 bits per heavy atom. The summed E-state index contributed by atoms with van der Waals surface area (Å²) in [5.41, 5.74) is 1.20. The van der Waals surface area contributed by atoms with Crippen LogP contribution in [0.3, 0.4) is 0 Å². The fourth-order valence-corrected chi connectivity index (χ4v) is 4.32. The highest BCUT2D eigenvalue weighted by Gasteiger charge is 2.15. The van der Waals surface area contributed by atoms with Crippen molar-refractivity contribution in [1.29, 1.82) is 0 Å². The minimum atomic E-state index is -0.329. The second kappa shape index (κ2) is 12.1. The quantitative estimate of drug-likeness (QED) is 0.411. The number of anilines is 1. The van der Waals surface area contributed by atoms with Gasteiger partial charge in [0, 0.05) is 10.2 Å². The first kappa shape index (κ1) is 23.5. The average molecular weight is 505 g/mol. The van der Waals surface area contributed by atoms with Gasteiger partial charge in [-0.2, -0.15) is 0 Å². The van der Waals surface area contributed by atoms with Crippen LogP contribution in [0.15, 0.2) is 46.9 Å². The summed E-state index contributed by atoms with van der Waals surface area (Å²) in [4.78, 5) is 12.6. The van der Waals surface area contributed by atoms with Crippen LogP contribution in [0.1, 0.15) is 55.8 Å². The van der Waals surface area contributed by atoms with E-state index in [-0.39, 0.29) is 11.0 Å². The van der Waals surface area contributed by atoms with Crippen LogP contribution in [0.2, 0.25) is 0 Å². The van der Waals surface area contributed by atoms with Crippen LogP contribution in [0.25, 0.3) is 0 Å². The second-order valence-corrected chi connectivity index (χ2v) is 8.97. The summed E-state index contributed by atoms with van der Waals surface area (Å²) >= 11 is 8.69. The highest BCUT2D eigenvalue weighted by Crippen LogP contribution is 2.27. The second-order valence-electron chi connectivity index (χ2n) is 7.65. The van der Waals surface area contributed by atoms with Crippen molar-refractivity contribution in [3.05, 3.63) is 52.5 Å². The molecule has 1 saturated carbocycles. The van der Waals surface area contributed by atoms with Gasteiger partial charge in [-0.1, -0.05) is 48.0 Å². The Balaban J connectivity index is 1.48. The Bertz CT molecular complexity index is 883. The molecule has 3 rings (SSSR count). The molecule has 7 heteroatoms. The van der Waals surface area contributed by atoms with Gasteiger partial charge in [0.2, 0.25) is 0 Å². The summed E-state index contributed by atoms with van der Waals surface area (Å²) in [6.45, 7) is 3.10. The highest BCUT2D eigenvalue weighted by atomic mass is 79.9. The van der Waals surface area contributed by atoms with Gasteiger partial charge in [0.05, 0.1) is 18.8 Å². The Morgan fingerprint density at radius 1 is 1.10 bits per heavy atom. The molecule has 1 amide bonds. The maximum Gasteiger partial charge on any atom is 0.261 e. The monoisotopic (exact) mass is 504 g/mol. The van der Waals surface area contributed by atoms with Crippen molar-refractivity contribution in [1.82, 2.24) is 5.32 Å². The van der Waals surface area contributed by atoms with Crippen molar-refractivity contribution in [3.8, 4) is 11.5 Å². The first-order valence-electron chi connectivity index (χ1n) is 10.8. The fourth-order valence-electron chi connectivity index (χ4n) is 3.75. The molecule has 1 aliphatic rings. The van der Waals surface area contributed by atoms with Crippen molar-refractivity contribution in [2.75, 3.05) is 18.5 Å². The molecule has 0 atom stereocenters. The molecule has 166 valence electrons. The van der Waals surface area contributed by atoms with E-state index < -0.39 is 0 Å². The SMILES string of the molecule is CCOc1ccc(Br)cc1C(=O)NC(=S)Nc1ccc(OCCC2CCCCC2)cc1. The molecule has 0 bridgehead atoms. The maximum atomic E-state index is 12.6. The lowest BCUT2D eigenvalue weighted by atomic mass is 9.87. The average Bonchev–Trinajstić information content (AvgIpc) is 2.77. The Labute approximate surface area is 198 Å². The number of amides is 1. The van der Waals surface area contributed by atoms with Gasteiger partial charge in [-0.15, -0.1) is 0 Å². The van der Waals surface area contributed by atoms with Crippen molar-refractivity contribution >= 4 is 44.9 Å². The van der Waals surface area contributed by atoms with E-state index in [0.29, 0.717) is 17.9 Å². The van der Waals surface area contributed by atoms with E-state index in [0.717, 1.165) is 34.9 Å². The Hall–Kier alpha value is -2.12. The van der Waals surface area contributed by atoms with Crippen molar-refractivity contribution in [2.45, 2.75) is 45.4 Å². The molecule has 1 fully saturated rings. The maximum absolute atomic E-state index is 12.6. The van der Waals surface area contributed by atoms with Crippen LogP contribution < -0.4 is 20.1 Å². The number of carbonyl (C=O) groups is 1. The van der Waals surface area contributed by atoms with Gasteiger partial charge in [-0.3, -0.25) is 10.1 Å². The zero-order chi connectivity index (χ0) is 22.1. The molecule has 0 saturated heterocycles. The summed E-state index contributed by atoms with van der Waals surface area (Å²) in [6, 6.07) is 12.9. The van der Waals surface area contributed by atoms with Crippen LogP contribution in [0.5, 0.6) is 11.5 Å². The van der Waals surface area contributed by atoms with E-state index in [1.165, 1.54) is 32.1 Å². The van der Waals surface area contributed by atoms with Crippen LogP contribution in [0.4, 0.5) is 5.69 Å². The normalized spacial score (nSPS) is 14.0. The lowest BCUT2D eigenvalue weighted by Gasteiger charge is -2.21. The van der Waals surface area contributed by atoms with E-state index >= 15 is 0 Å². The van der Waals surface area contributed by atoms with Crippen LogP contribution >= 0.6 is 28.1 Å². The van der Waals surface area contributed by atoms with Gasteiger partial charge < -0.3 is 14.8 Å². The molecule has 0 aliphatic heterocycles. The summed E-state index contributed by atoms with van der Waals surface area (Å²) in [6.07, 6.45) is 7.88. The molecule has 0 heterocycles. The molecule has 0 spiro atoms. The third kappa shape index (κ3) is 7.51. The van der Waals surface area contributed by atoms with Gasteiger partial charge in [-0.25, -0.2) is 0 Å². The summed E-state index contributed by atoms with van der Waals surface area (Å²) in [5, 5.41) is 5.96. The van der Waals surface area contributed by atoms with Crippen LogP contribution in [0, 0.1) is 5.92 Å². The van der Waals surface area contributed by atoms with Gasteiger partial charge in [0.25, 0.3) is 5.91 Å². The molecule has 5 nitrogen and oxygen atoms in total. The molecule has 2 aromatic rings. The predicted molar refractivity (Wildman–Crippen MR) is 132 cm³/mol. The van der Waals surface area contributed by atoms with Gasteiger partial charge in [-0.05, 0) is 73.9 Å². The van der Waals surface area contributed by atoms with Crippen molar-refractivity contribution < 1.29 is 14.3 Å². The molecule has 2 N–H and O–H groups in total. The smallest absolute Gasteiger partial charge is 0.261 e. The number of thiocarbonyl (C=S) groups is 1. The van der Waals surface area contributed by atoms with E-state index in [1.807, 2.05) is 37.3 Å². The summed E-state index contributed by atoms with van der Waals surface area (Å²) < 4.78 is 12.2. The van der Waals surface area contributed by atoms with E-state index in [4.69, 9.17) is 21.7 Å². The number of hydrogen-bond donors (Lipinski definition) is 2. The first-order valence-corrected chi connectivity index (χ1v) is 12.0. The zero-order valence-corrected chi connectivity index (χ0v) is 20.2. The van der Waals surface area contributed by atoms with E-state index in [1.54, 1.807) is 12.1 Å². The number of hydrogen-bond acceptors (Lipinski definition) is 4. The van der Waals surface area contributed by atoms with Crippen LogP contribution in [-0.4, -0.2) is 24.2 Å². The number of halogens is 1. The minimum absolute atomic E-state index is 0.221. The number of nitrogens with one attached hydrogen (secondary N) is 2. The van der Waals surface area contributed by atoms with E-state index in [2.05, 4.69) is 26.6 Å². The molecule has 2 aromatic carbocycles. The lowest BCUT2D eigenvalue weighted by Crippen LogP contribution is -2.34. The van der Waals surface area contributed by atoms with Crippen LogP contribution in [-0.2, 0) is 0 Å². The third-order valence-electron chi connectivity index (χ3n) is 5.34. The topological polar surface area (TPSA) is 59.6 Å². The minimum Gasteiger partial charge on any atom is -0.494 e. The first-order chi connectivity index (χ1) is 15.0. The van der Waals surface area contributed by atoms with Crippen molar-refractivity contribution in [2.24, 2.45) is 5.92 Å². The molecular weight excluding hydrogens is 476 g/mol.